The lowest BCUT2D eigenvalue weighted by Gasteiger charge is -2.09. The molecule has 1 heterocycles. The number of nitrogens with one attached hydrogen (secondary N) is 1. The molecule has 0 saturated carbocycles. The van der Waals surface area contributed by atoms with E-state index in [4.69, 9.17) is 9.47 Å². The molecule has 31 heavy (non-hydrogen) atoms. The fraction of sp³-hybridized carbons (Fsp3) is 0.167. The normalized spacial score (nSPS) is 10.8. The summed E-state index contributed by atoms with van der Waals surface area (Å²) in [4.78, 5) is 25.1. The van der Waals surface area contributed by atoms with Crippen LogP contribution in [0, 0.1) is 5.82 Å². The van der Waals surface area contributed by atoms with Crippen LogP contribution in [-0.2, 0) is 9.53 Å². The maximum absolute atomic E-state index is 13.0. The van der Waals surface area contributed by atoms with Crippen LogP contribution in [0.1, 0.15) is 29.8 Å². The molecule has 0 spiro atoms. The van der Waals surface area contributed by atoms with Gasteiger partial charge in [-0.1, -0.05) is 24.3 Å². The van der Waals surface area contributed by atoms with Crippen molar-refractivity contribution >= 4 is 34.3 Å². The molecule has 0 fully saturated rings. The van der Waals surface area contributed by atoms with E-state index in [1.54, 1.807) is 30.5 Å². The molecule has 1 aromatic heterocycles. The van der Waals surface area contributed by atoms with Gasteiger partial charge in [-0.3, -0.25) is 4.79 Å². The number of thiophene rings is 1. The van der Waals surface area contributed by atoms with Gasteiger partial charge in [-0.2, -0.15) is 0 Å². The van der Waals surface area contributed by atoms with Gasteiger partial charge in [0.25, 0.3) is 0 Å². The Kier molecular flexibility index (Phi) is 7.56. The molecule has 0 atom stereocenters. The zero-order chi connectivity index (χ0) is 22.2. The van der Waals surface area contributed by atoms with Crippen molar-refractivity contribution in [2.24, 2.45) is 0 Å². The number of hydrogen-bond donors (Lipinski definition) is 1. The van der Waals surface area contributed by atoms with Crippen LogP contribution in [0.25, 0.3) is 17.2 Å². The van der Waals surface area contributed by atoms with E-state index in [-0.39, 0.29) is 12.4 Å². The highest BCUT2D eigenvalue weighted by Crippen LogP contribution is 2.37. The Balaban J connectivity index is 1.85. The Morgan fingerprint density at radius 3 is 2.39 bits per heavy atom. The molecule has 0 aliphatic rings. The Hall–Kier alpha value is -3.45. The van der Waals surface area contributed by atoms with Crippen LogP contribution in [-0.4, -0.2) is 25.1 Å². The van der Waals surface area contributed by atoms with Crippen molar-refractivity contribution in [2.75, 3.05) is 18.5 Å². The van der Waals surface area contributed by atoms with E-state index in [0.29, 0.717) is 28.3 Å². The number of anilines is 1. The summed E-state index contributed by atoms with van der Waals surface area (Å²) in [6.45, 7) is 4.42. The predicted molar refractivity (Wildman–Crippen MR) is 121 cm³/mol. The SMILES string of the molecule is CCOC(=O)c1c(-c2ccc(OCC)cc2)csc1NC(=O)C=Cc1ccc(F)cc1. The minimum absolute atomic E-state index is 0.218. The number of ether oxygens (including phenoxy) is 2. The van der Waals surface area contributed by atoms with E-state index in [0.717, 1.165) is 11.3 Å². The Labute approximate surface area is 184 Å². The largest absolute Gasteiger partial charge is 0.494 e. The first-order valence-electron chi connectivity index (χ1n) is 9.78. The molecule has 0 bridgehead atoms. The van der Waals surface area contributed by atoms with E-state index in [1.807, 2.05) is 31.2 Å². The summed E-state index contributed by atoms with van der Waals surface area (Å²) in [6.07, 6.45) is 2.90. The molecule has 5 nitrogen and oxygen atoms in total. The van der Waals surface area contributed by atoms with Gasteiger partial charge >= 0.3 is 5.97 Å². The Morgan fingerprint density at radius 2 is 1.74 bits per heavy atom. The van der Waals surface area contributed by atoms with Gasteiger partial charge in [0.15, 0.2) is 0 Å². The minimum atomic E-state index is -0.509. The van der Waals surface area contributed by atoms with Gasteiger partial charge in [0.1, 0.15) is 22.1 Å². The highest BCUT2D eigenvalue weighted by Gasteiger charge is 2.22. The van der Waals surface area contributed by atoms with Crippen molar-refractivity contribution in [1.29, 1.82) is 0 Å². The maximum atomic E-state index is 13.0. The first-order valence-corrected chi connectivity index (χ1v) is 10.7. The van der Waals surface area contributed by atoms with E-state index < -0.39 is 11.9 Å². The maximum Gasteiger partial charge on any atom is 0.341 e. The number of carbonyl (C=O) groups excluding carboxylic acids is 2. The molecular formula is C24H22FNO4S. The lowest BCUT2D eigenvalue weighted by molar-refractivity contribution is -0.111. The molecule has 3 aromatic rings. The number of halogens is 1. The molecule has 0 unspecified atom stereocenters. The number of benzene rings is 2. The average molecular weight is 440 g/mol. The van der Waals surface area contributed by atoms with E-state index in [1.165, 1.54) is 29.5 Å². The molecule has 2 aromatic carbocycles. The third-order valence-electron chi connectivity index (χ3n) is 4.28. The van der Waals surface area contributed by atoms with Gasteiger partial charge < -0.3 is 14.8 Å². The molecular weight excluding hydrogens is 417 g/mol. The van der Waals surface area contributed by atoms with Crippen LogP contribution in [0.4, 0.5) is 9.39 Å². The third kappa shape index (κ3) is 5.79. The smallest absolute Gasteiger partial charge is 0.341 e. The van der Waals surface area contributed by atoms with Crippen LogP contribution in [0.2, 0.25) is 0 Å². The van der Waals surface area contributed by atoms with Gasteiger partial charge in [0.2, 0.25) is 5.91 Å². The highest BCUT2D eigenvalue weighted by atomic mass is 32.1. The minimum Gasteiger partial charge on any atom is -0.494 e. The first-order chi connectivity index (χ1) is 15.0. The summed E-state index contributed by atoms with van der Waals surface area (Å²) in [5.41, 5.74) is 2.47. The molecule has 0 radical (unpaired) electrons. The zero-order valence-electron chi connectivity index (χ0n) is 17.2. The first kappa shape index (κ1) is 22.2. The van der Waals surface area contributed by atoms with Crippen LogP contribution in [0.15, 0.2) is 60.0 Å². The molecule has 1 amide bonds. The fourth-order valence-electron chi connectivity index (χ4n) is 2.87. The second kappa shape index (κ2) is 10.5. The molecule has 160 valence electrons. The van der Waals surface area contributed by atoms with Crippen LogP contribution >= 0.6 is 11.3 Å². The lowest BCUT2D eigenvalue weighted by Crippen LogP contribution is -2.12. The number of rotatable bonds is 8. The number of carbonyl (C=O) groups is 2. The Bertz CT molecular complexity index is 1070. The lowest BCUT2D eigenvalue weighted by atomic mass is 10.0. The quantitative estimate of drug-likeness (QED) is 0.357. The summed E-state index contributed by atoms with van der Waals surface area (Å²) in [5.74, 6) is -0.528. The van der Waals surface area contributed by atoms with Crippen LogP contribution in [0.3, 0.4) is 0 Å². The van der Waals surface area contributed by atoms with Crippen LogP contribution < -0.4 is 10.1 Å². The van der Waals surface area contributed by atoms with Crippen LogP contribution in [0.5, 0.6) is 5.75 Å². The third-order valence-corrected chi connectivity index (χ3v) is 5.18. The van der Waals surface area contributed by atoms with Gasteiger partial charge in [-0.15, -0.1) is 11.3 Å². The fourth-order valence-corrected chi connectivity index (χ4v) is 3.83. The number of amides is 1. The van der Waals surface area contributed by atoms with Crippen molar-refractivity contribution < 1.29 is 23.5 Å². The standard InChI is InChI=1S/C24H22FNO4S/c1-3-29-19-12-8-17(9-13-19)20-15-31-23(22(20)24(28)30-4-2)26-21(27)14-7-16-5-10-18(25)11-6-16/h5-15H,3-4H2,1-2H3,(H,26,27). The molecule has 0 aliphatic heterocycles. The van der Waals surface area contributed by atoms with Gasteiger partial charge in [-0.25, -0.2) is 9.18 Å². The van der Waals surface area contributed by atoms with E-state index >= 15 is 0 Å². The second-order valence-corrected chi connectivity index (χ2v) is 7.29. The monoisotopic (exact) mass is 439 g/mol. The average Bonchev–Trinajstić information content (AvgIpc) is 3.18. The molecule has 3 rings (SSSR count). The Morgan fingerprint density at radius 1 is 1.03 bits per heavy atom. The summed E-state index contributed by atoms with van der Waals surface area (Å²) < 4.78 is 23.7. The topological polar surface area (TPSA) is 64.6 Å². The van der Waals surface area contributed by atoms with Gasteiger partial charge in [-0.05, 0) is 55.3 Å². The summed E-state index contributed by atoms with van der Waals surface area (Å²) in [5, 5.41) is 4.95. The highest BCUT2D eigenvalue weighted by molar-refractivity contribution is 7.15. The second-order valence-electron chi connectivity index (χ2n) is 6.41. The van der Waals surface area contributed by atoms with Crippen molar-refractivity contribution in [2.45, 2.75) is 13.8 Å². The van der Waals surface area contributed by atoms with Gasteiger partial charge in [0, 0.05) is 17.0 Å². The molecule has 0 saturated heterocycles. The van der Waals surface area contributed by atoms with Crippen molar-refractivity contribution in [3.63, 3.8) is 0 Å². The zero-order valence-corrected chi connectivity index (χ0v) is 18.0. The number of hydrogen-bond acceptors (Lipinski definition) is 5. The number of esters is 1. The molecule has 7 heteroatoms. The van der Waals surface area contributed by atoms with Crippen molar-refractivity contribution in [3.05, 3.63) is 76.9 Å². The van der Waals surface area contributed by atoms with Crippen molar-refractivity contribution in [1.82, 2.24) is 0 Å². The summed E-state index contributed by atoms with van der Waals surface area (Å²) in [6, 6.07) is 13.1. The van der Waals surface area contributed by atoms with E-state index in [2.05, 4.69) is 5.32 Å². The molecule has 0 aliphatic carbocycles. The van der Waals surface area contributed by atoms with E-state index in [9.17, 15) is 14.0 Å². The van der Waals surface area contributed by atoms with Crippen molar-refractivity contribution in [3.8, 4) is 16.9 Å². The summed E-state index contributed by atoms with van der Waals surface area (Å²) in [7, 11) is 0. The summed E-state index contributed by atoms with van der Waals surface area (Å²) >= 11 is 1.24. The van der Waals surface area contributed by atoms with Gasteiger partial charge in [0.05, 0.1) is 13.2 Å². The molecule has 1 N–H and O–H groups in total. The predicted octanol–water partition coefficient (Wildman–Crippen LogP) is 5.78.